The summed E-state index contributed by atoms with van der Waals surface area (Å²) < 4.78 is 56.1. The van der Waals surface area contributed by atoms with Crippen LogP contribution in [0, 0.1) is 0 Å². The highest BCUT2D eigenvalue weighted by atomic mass is 32.2. The number of hydrogen-bond acceptors (Lipinski definition) is 28. The minimum Gasteiger partial charge on any atom is -0.381 e. The van der Waals surface area contributed by atoms with Gasteiger partial charge in [0.2, 0.25) is 39.7 Å². The number of nitrogens with zero attached hydrogens (tertiary/aromatic N) is 21. The molecule has 0 radical (unpaired) electrons. The Morgan fingerprint density at radius 3 is 1.24 bits per heavy atom. The molecule has 6 aliphatic rings. The van der Waals surface area contributed by atoms with E-state index in [1.165, 1.54) is 10.6 Å². The maximum absolute atomic E-state index is 12.8. The summed E-state index contributed by atoms with van der Waals surface area (Å²) in [5.41, 5.74) is 27.3. The zero-order chi connectivity index (χ0) is 78.6. The third kappa shape index (κ3) is 16.0. The maximum Gasteiger partial charge on any atom is 0.261 e. The van der Waals surface area contributed by atoms with Gasteiger partial charge < -0.3 is 54.9 Å². The van der Waals surface area contributed by atoms with Crippen LogP contribution in [0.1, 0.15) is 118 Å². The van der Waals surface area contributed by atoms with E-state index in [0.717, 1.165) is 145 Å². The SMILES string of the molecule is CN(C(=O)Cn1cc(-c2nc(C3(c4ccc(-c5cnc(N)nc5)cc4)CCC3)no2)cn1)C1CCOCC1.COC1CCN(C(=O)Cn2cc(-c3nc(C4(c5ccc(-c6cnc(N)nc6)cc5)CCC4)no3)cn2)CC1.CS(=O)(=O)N1CCN(c2ccc(-c3nc(C4(c5ccc(-c6cnc(N)nc6)cc5)CCC4)no3)cn2)CC1. The molecule has 3 aliphatic carbocycles. The number of hydrogen-bond donors (Lipinski definition) is 3. The number of aromatic nitrogens is 17. The molecule has 3 saturated carbocycles. The molecule has 6 N–H and O–H groups in total. The Kier molecular flexibility index (Phi) is 21.6. The predicted octanol–water partition coefficient (Wildman–Crippen LogP) is 8.88. The van der Waals surface area contributed by atoms with Gasteiger partial charge in [0.1, 0.15) is 18.9 Å². The first-order valence-corrected chi connectivity index (χ1v) is 40.2. The molecule has 3 aliphatic heterocycles. The quantitative estimate of drug-likeness (QED) is 0.0640. The van der Waals surface area contributed by atoms with Gasteiger partial charge in [0.05, 0.1) is 57.7 Å². The van der Waals surface area contributed by atoms with Gasteiger partial charge in [-0.25, -0.2) is 43.3 Å². The number of nitrogens with two attached hydrogens (primary N) is 3. The first-order chi connectivity index (χ1) is 55.4. The molecule has 6 fully saturated rings. The number of methoxy groups -OCH3 is 1. The summed E-state index contributed by atoms with van der Waals surface area (Å²) in [5, 5.41) is 21.8. The van der Waals surface area contributed by atoms with Crippen LogP contribution in [0.3, 0.4) is 0 Å². The van der Waals surface area contributed by atoms with Crippen molar-refractivity contribution in [2.24, 2.45) is 0 Å². The van der Waals surface area contributed by atoms with E-state index < -0.39 is 10.0 Å². The Bertz CT molecular complexity index is 5390. The van der Waals surface area contributed by atoms with E-state index in [1.807, 2.05) is 24.1 Å². The normalized spacial score (nSPS) is 17.4. The van der Waals surface area contributed by atoms with Crippen LogP contribution in [0.5, 0.6) is 0 Å². The summed E-state index contributed by atoms with van der Waals surface area (Å²) in [6, 6.07) is 29.1. The third-order valence-corrected chi connectivity index (χ3v) is 24.5. The van der Waals surface area contributed by atoms with E-state index in [-0.39, 0.29) is 71.1 Å². The smallest absolute Gasteiger partial charge is 0.261 e. The van der Waals surface area contributed by atoms with Crippen LogP contribution >= 0.6 is 0 Å². The molecule has 34 heteroatoms. The van der Waals surface area contributed by atoms with Crippen molar-refractivity contribution in [2.45, 2.75) is 125 Å². The zero-order valence-corrected chi connectivity index (χ0v) is 64.4. The lowest BCUT2D eigenvalue weighted by Gasteiger charge is -2.39. The van der Waals surface area contributed by atoms with Crippen LogP contribution in [0.4, 0.5) is 23.7 Å². The molecule has 12 heterocycles. The van der Waals surface area contributed by atoms with Crippen LogP contribution in [0.25, 0.3) is 67.7 Å². The number of ether oxygens (including phenoxy) is 2. The van der Waals surface area contributed by atoms with Crippen molar-refractivity contribution >= 4 is 45.5 Å². The van der Waals surface area contributed by atoms with Gasteiger partial charge in [0.25, 0.3) is 17.7 Å². The summed E-state index contributed by atoms with van der Waals surface area (Å²) in [5.74, 6) is 4.89. The minimum absolute atomic E-state index is 0.0140. The molecule has 33 nitrogen and oxygen atoms in total. The molecule has 18 rings (SSSR count). The monoisotopic (exact) mass is 1560 g/mol. The number of benzene rings is 3. The van der Waals surface area contributed by atoms with Crippen LogP contribution in [-0.2, 0) is 58.4 Å². The first kappa shape index (κ1) is 75.9. The Morgan fingerprint density at radius 2 is 0.868 bits per heavy atom. The molecule has 0 spiro atoms. The molecule has 2 amide bonds. The second-order valence-corrected chi connectivity index (χ2v) is 31.9. The number of anilines is 4. The van der Waals surface area contributed by atoms with Gasteiger partial charge in [-0.2, -0.15) is 29.5 Å². The number of carbonyl (C=O) groups is 2. The number of piperidine rings is 1. The van der Waals surface area contributed by atoms with Crippen LogP contribution in [0.2, 0.25) is 0 Å². The number of likely N-dealkylation sites (N-methyl/N-ethyl adjacent to an activating group) is 1. The molecule has 0 atom stereocenters. The summed E-state index contributed by atoms with van der Waals surface area (Å²) in [7, 11) is 0.400. The zero-order valence-electron chi connectivity index (χ0n) is 63.6. The van der Waals surface area contributed by atoms with Crippen LogP contribution < -0.4 is 22.1 Å². The van der Waals surface area contributed by atoms with Gasteiger partial charge in [0, 0.05) is 145 Å². The Balaban J connectivity index is 0.000000129. The van der Waals surface area contributed by atoms with Crippen molar-refractivity contribution in [3.05, 3.63) is 187 Å². The standard InChI is InChI=1S/2C27H30N8O3.C26H28N8O3S/c1-37-22-7-11-34(12-8-22)23(36)17-35-16-20(15-31-35)24-32-25(33-38-24)27(9-2-10-27)21-5-3-18(4-6-21)19-13-29-26(28)30-14-19;1-34(22-7-11-37-12-8-22)23(36)17-35-16-20(15-31-35)24-32-25(33-38-24)27(9-2-10-27)21-5-3-18(4-6-21)19-13-29-26(28)30-14-19;1-38(35,36)34-13-11-33(12-14-34)22-8-5-19(15-28-22)23-31-24(32-37-23)26(9-2-10-26)21-6-3-18(4-7-21)20-16-29-25(27)30-17-20/h2*3-6,13-16,22H,2,7-12,17H2,1H3,(H2,28,29,30);3-8,15-17H,2,9-14H2,1H3,(H2,27,29,30). The number of piperazine rings is 1. The van der Waals surface area contributed by atoms with Crippen molar-refractivity contribution in [2.75, 3.05) is 95.0 Å². The molecule has 588 valence electrons. The lowest BCUT2D eigenvalue weighted by atomic mass is 9.64. The van der Waals surface area contributed by atoms with E-state index in [1.54, 1.807) is 89.5 Å². The number of nitrogen functional groups attached to an aromatic ring is 3. The summed E-state index contributed by atoms with van der Waals surface area (Å²) in [6.45, 7) is 5.21. The molecular weight excluding hydrogens is 1470 g/mol. The van der Waals surface area contributed by atoms with Gasteiger partial charge in [-0.3, -0.25) is 19.0 Å². The van der Waals surface area contributed by atoms with E-state index >= 15 is 0 Å². The number of likely N-dealkylation sites (tertiary alicyclic amines) is 1. The van der Waals surface area contributed by atoms with Crippen molar-refractivity contribution < 1.29 is 41.0 Å². The highest BCUT2D eigenvalue weighted by Gasteiger charge is 2.47. The van der Waals surface area contributed by atoms with Crippen LogP contribution in [-0.4, -0.2) is 204 Å². The van der Waals surface area contributed by atoms with E-state index in [2.05, 4.69) is 138 Å². The van der Waals surface area contributed by atoms with Crippen molar-refractivity contribution in [3.63, 3.8) is 0 Å². The van der Waals surface area contributed by atoms with Gasteiger partial charge >= 0.3 is 0 Å². The van der Waals surface area contributed by atoms with Gasteiger partial charge in [-0.05, 0) is 110 Å². The molecule has 114 heavy (non-hydrogen) atoms. The van der Waals surface area contributed by atoms with Gasteiger partial charge in [-0.1, -0.05) is 108 Å². The number of pyridine rings is 1. The topological polar surface area (TPSA) is 420 Å². The lowest BCUT2D eigenvalue weighted by Crippen LogP contribution is -2.48. The van der Waals surface area contributed by atoms with Crippen molar-refractivity contribution in [1.82, 2.24) is 99.0 Å². The highest BCUT2D eigenvalue weighted by Crippen LogP contribution is 2.51. The van der Waals surface area contributed by atoms with Crippen LogP contribution in [0.15, 0.2) is 167 Å². The highest BCUT2D eigenvalue weighted by molar-refractivity contribution is 7.88. The minimum atomic E-state index is -3.17. The van der Waals surface area contributed by atoms with E-state index in [4.69, 9.17) is 55.2 Å². The number of amides is 2. The Morgan fingerprint density at radius 1 is 0.482 bits per heavy atom. The number of rotatable bonds is 20. The molecular formula is C80H88N24O9S. The largest absolute Gasteiger partial charge is 0.381 e. The van der Waals surface area contributed by atoms with Crippen molar-refractivity contribution in [3.8, 4) is 67.7 Å². The second kappa shape index (κ2) is 32.5. The van der Waals surface area contributed by atoms with Crippen molar-refractivity contribution in [1.29, 1.82) is 0 Å². The second-order valence-electron chi connectivity index (χ2n) is 29.9. The Hall–Kier alpha value is -12.1. The number of carbonyl (C=O) groups excluding carboxylic acids is 2. The van der Waals surface area contributed by atoms with E-state index in [0.29, 0.717) is 98.8 Å². The summed E-state index contributed by atoms with van der Waals surface area (Å²) in [6.07, 6.45) is 32.8. The molecule has 0 unspecified atom stereocenters. The maximum atomic E-state index is 12.8. The first-order valence-electron chi connectivity index (χ1n) is 38.3. The van der Waals surface area contributed by atoms with Gasteiger partial charge in [-0.15, -0.1) is 0 Å². The molecule has 9 aromatic heterocycles. The molecule has 3 saturated heterocycles. The molecule has 0 bridgehead atoms. The molecule has 3 aromatic carbocycles. The summed E-state index contributed by atoms with van der Waals surface area (Å²) in [4.78, 5) is 74.7. The fourth-order valence-corrected chi connectivity index (χ4v) is 16.5. The predicted molar refractivity (Wildman–Crippen MR) is 420 cm³/mol. The average Bonchev–Trinajstić information content (AvgIpc) is 1.05. The lowest BCUT2D eigenvalue weighted by molar-refractivity contribution is -0.135. The summed E-state index contributed by atoms with van der Waals surface area (Å²) >= 11 is 0. The third-order valence-electron chi connectivity index (χ3n) is 23.2. The number of sulfonamides is 1. The fourth-order valence-electron chi connectivity index (χ4n) is 15.7. The van der Waals surface area contributed by atoms with E-state index in [9.17, 15) is 18.0 Å². The average molecular weight is 1560 g/mol. The van der Waals surface area contributed by atoms with Gasteiger partial charge in [0.15, 0.2) is 17.5 Å². The molecule has 12 aromatic rings. The fraction of sp³-hybridized carbons (Fsp3) is 0.388. The Labute approximate surface area is 657 Å².